The lowest BCUT2D eigenvalue weighted by Gasteiger charge is -2.31. The van der Waals surface area contributed by atoms with Gasteiger partial charge in [0, 0.05) is 19.1 Å². The van der Waals surface area contributed by atoms with Gasteiger partial charge in [-0.15, -0.1) is 0 Å². The third-order valence-electron chi connectivity index (χ3n) is 9.62. The van der Waals surface area contributed by atoms with Gasteiger partial charge in [-0.1, -0.05) is 200 Å². The van der Waals surface area contributed by atoms with Crippen molar-refractivity contribution >= 4 is 0 Å². The lowest BCUT2D eigenvalue weighted by Crippen LogP contribution is -2.42. The van der Waals surface area contributed by atoms with E-state index in [1.165, 1.54) is 199 Å². The zero-order valence-electron chi connectivity index (χ0n) is 29.7. The molecule has 3 N–H and O–H groups in total. The molecule has 0 rings (SSSR count). The van der Waals surface area contributed by atoms with Crippen molar-refractivity contribution in [1.82, 2.24) is 4.90 Å². The highest BCUT2D eigenvalue weighted by Crippen LogP contribution is 2.17. The fourth-order valence-electron chi connectivity index (χ4n) is 6.52. The second-order valence-electron chi connectivity index (χ2n) is 13.9. The van der Waals surface area contributed by atoms with Crippen molar-refractivity contribution in [2.45, 2.75) is 232 Å². The second-order valence-corrected chi connectivity index (χ2v) is 13.9. The predicted octanol–water partition coefficient (Wildman–Crippen LogP) is 12.1. The van der Waals surface area contributed by atoms with E-state index in [1.807, 2.05) is 0 Å². The number of unbranched alkanes of at least 4 members (excludes halogenated alkanes) is 28. The van der Waals surface area contributed by atoms with Crippen molar-refractivity contribution in [3.05, 3.63) is 0 Å². The summed E-state index contributed by atoms with van der Waals surface area (Å²) in [5, 5.41) is 10.2. The molecule has 3 nitrogen and oxygen atoms in total. The first kappa shape index (κ1) is 41.9. The van der Waals surface area contributed by atoms with Crippen LogP contribution in [0.1, 0.15) is 220 Å². The van der Waals surface area contributed by atoms with Gasteiger partial charge in [0.1, 0.15) is 0 Å². The number of hydrogen-bond acceptors (Lipinski definition) is 3. The SMILES string of the molecule is CCCCCCCCCCCCCCCCCCN(CC(O)CN)C(C)CCCCCCCCCCCCCCCC. The fourth-order valence-corrected chi connectivity index (χ4v) is 6.52. The largest absolute Gasteiger partial charge is 0.390 e. The van der Waals surface area contributed by atoms with Crippen LogP contribution in [0.15, 0.2) is 0 Å². The van der Waals surface area contributed by atoms with Crippen LogP contribution in [-0.4, -0.2) is 41.8 Å². The van der Waals surface area contributed by atoms with E-state index < -0.39 is 0 Å². The van der Waals surface area contributed by atoms with Gasteiger partial charge in [-0.3, -0.25) is 4.90 Å². The molecule has 0 spiro atoms. The Morgan fingerprint density at radius 1 is 0.452 bits per heavy atom. The molecule has 3 heteroatoms. The summed E-state index contributed by atoms with van der Waals surface area (Å²) in [7, 11) is 0. The maximum atomic E-state index is 10.2. The summed E-state index contributed by atoms with van der Waals surface area (Å²) < 4.78 is 0. The van der Waals surface area contributed by atoms with Crippen LogP contribution in [0.4, 0.5) is 0 Å². The molecule has 0 heterocycles. The van der Waals surface area contributed by atoms with E-state index in [9.17, 15) is 5.11 Å². The summed E-state index contributed by atoms with van der Waals surface area (Å²) in [5.41, 5.74) is 5.77. The zero-order valence-corrected chi connectivity index (χ0v) is 29.7. The summed E-state index contributed by atoms with van der Waals surface area (Å²) in [5.74, 6) is 0. The highest BCUT2D eigenvalue weighted by atomic mass is 16.3. The van der Waals surface area contributed by atoms with Gasteiger partial charge in [-0.05, 0) is 26.3 Å². The first-order chi connectivity index (χ1) is 20.7. The van der Waals surface area contributed by atoms with Gasteiger partial charge in [-0.2, -0.15) is 0 Å². The Morgan fingerprint density at radius 2 is 0.738 bits per heavy atom. The van der Waals surface area contributed by atoms with E-state index in [4.69, 9.17) is 5.73 Å². The molecule has 0 bridgehead atoms. The third-order valence-corrected chi connectivity index (χ3v) is 9.62. The van der Waals surface area contributed by atoms with Crippen LogP contribution in [0.25, 0.3) is 0 Å². The van der Waals surface area contributed by atoms with Crippen molar-refractivity contribution < 1.29 is 5.11 Å². The number of hydrogen-bond donors (Lipinski definition) is 2. The molecule has 0 amide bonds. The van der Waals surface area contributed by atoms with E-state index in [-0.39, 0.29) is 6.10 Å². The lowest BCUT2D eigenvalue weighted by atomic mass is 10.0. The summed E-state index contributed by atoms with van der Waals surface area (Å²) in [6, 6.07) is 0.555. The van der Waals surface area contributed by atoms with Crippen molar-refractivity contribution in [3.8, 4) is 0 Å². The molecule has 2 atom stereocenters. The van der Waals surface area contributed by atoms with Gasteiger partial charge >= 0.3 is 0 Å². The molecule has 0 aliphatic heterocycles. The van der Waals surface area contributed by atoms with E-state index in [0.29, 0.717) is 12.6 Å². The van der Waals surface area contributed by atoms with Crippen LogP contribution < -0.4 is 5.73 Å². The summed E-state index contributed by atoms with van der Waals surface area (Å²) >= 11 is 0. The molecule has 2 unspecified atom stereocenters. The van der Waals surface area contributed by atoms with Crippen LogP contribution in [0, 0.1) is 0 Å². The molecule has 42 heavy (non-hydrogen) atoms. The van der Waals surface area contributed by atoms with Crippen LogP contribution in [0.2, 0.25) is 0 Å². The van der Waals surface area contributed by atoms with Crippen LogP contribution in [0.3, 0.4) is 0 Å². The standard InChI is InChI=1S/C39H82N2O/c1-4-6-8-10-12-14-16-18-20-21-23-25-27-29-31-33-35-41(37-39(42)36-40)38(3)34-32-30-28-26-24-22-19-17-15-13-11-9-7-5-2/h38-39,42H,4-37,40H2,1-3H3. The summed E-state index contributed by atoms with van der Waals surface area (Å²) in [4.78, 5) is 2.53. The number of aliphatic hydroxyl groups is 1. The quantitative estimate of drug-likeness (QED) is 0.0709. The molecule has 0 saturated heterocycles. The van der Waals surface area contributed by atoms with E-state index in [2.05, 4.69) is 25.7 Å². The third kappa shape index (κ3) is 31.3. The molecule has 0 aromatic carbocycles. The molecule has 0 aromatic heterocycles. The molecule has 0 radical (unpaired) electrons. The molecule has 254 valence electrons. The number of aliphatic hydroxyl groups excluding tert-OH is 1. The maximum absolute atomic E-state index is 10.2. The first-order valence-electron chi connectivity index (χ1n) is 19.8. The Balaban J connectivity index is 3.70. The Hall–Kier alpha value is -0.120. The normalized spacial score (nSPS) is 13.3. The van der Waals surface area contributed by atoms with Gasteiger partial charge in [-0.25, -0.2) is 0 Å². The zero-order chi connectivity index (χ0) is 30.8. The minimum atomic E-state index is -0.384. The number of rotatable bonds is 36. The molecular formula is C39H82N2O. The smallest absolute Gasteiger partial charge is 0.0789 e. The lowest BCUT2D eigenvalue weighted by molar-refractivity contribution is 0.0910. The van der Waals surface area contributed by atoms with Gasteiger partial charge in [0.25, 0.3) is 0 Å². The minimum Gasteiger partial charge on any atom is -0.390 e. The van der Waals surface area contributed by atoms with Crippen LogP contribution >= 0.6 is 0 Å². The average Bonchev–Trinajstić information content (AvgIpc) is 3.00. The van der Waals surface area contributed by atoms with E-state index in [0.717, 1.165) is 13.1 Å². The fraction of sp³-hybridized carbons (Fsp3) is 1.00. The monoisotopic (exact) mass is 595 g/mol. The van der Waals surface area contributed by atoms with Gasteiger partial charge in [0.15, 0.2) is 0 Å². The summed E-state index contributed by atoms with van der Waals surface area (Å²) in [6.45, 7) is 9.21. The first-order valence-corrected chi connectivity index (χ1v) is 19.8. The second kappa shape index (κ2) is 35.4. The van der Waals surface area contributed by atoms with Gasteiger partial charge in [0.2, 0.25) is 0 Å². The Morgan fingerprint density at radius 3 is 1.05 bits per heavy atom. The predicted molar refractivity (Wildman–Crippen MR) is 191 cm³/mol. The Labute approximate surface area is 267 Å². The van der Waals surface area contributed by atoms with Crippen molar-refractivity contribution in [2.24, 2.45) is 5.73 Å². The number of nitrogens with two attached hydrogens (primary N) is 1. The number of nitrogens with zero attached hydrogens (tertiary/aromatic N) is 1. The van der Waals surface area contributed by atoms with Crippen molar-refractivity contribution in [1.29, 1.82) is 0 Å². The summed E-state index contributed by atoms with van der Waals surface area (Å²) in [6.07, 6.45) is 43.4. The molecule has 0 fully saturated rings. The minimum absolute atomic E-state index is 0.376. The van der Waals surface area contributed by atoms with Crippen LogP contribution in [-0.2, 0) is 0 Å². The van der Waals surface area contributed by atoms with Crippen molar-refractivity contribution in [2.75, 3.05) is 19.6 Å². The van der Waals surface area contributed by atoms with E-state index >= 15 is 0 Å². The molecular weight excluding hydrogens is 512 g/mol. The topological polar surface area (TPSA) is 49.5 Å². The van der Waals surface area contributed by atoms with Crippen molar-refractivity contribution in [3.63, 3.8) is 0 Å². The highest BCUT2D eigenvalue weighted by Gasteiger charge is 2.16. The Bertz CT molecular complexity index is 485. The molecule has 0 aromatic rings. The van der Waals surface area contributed by atoms with Gasteiger partial charge < -0.3 is 10.8 Å². The van der Waals surface area contributed by atoms with Gasteiger partial charge in [0.05, 0.1) is 6.10 Å². The Kier molecular flexibility index (Phi) is 35.3. The average molecular weight is 595 g/mol. The molecule has 0 aliphatic carbocycles. The van der Waals surface area contributed by atoms with Crippen LogP contribution in [0.5, 0.6) is 0 Å². The molecule has 0 saturated carbocycles. The highest BCUT2D eigenvalue weighted by molar-refractivity contribution is 4.72. The van der Waals surface area contributed by atoms with E-state index in [1.54, 1.807) is 0 Å². The molecule has 0 aliphatic rings. The maximum Gasteiger partial charge on any atom is 0.0789 e.